The predicted molar refractivity (Wildman–Crippen MR) is 107 cm³/mol. The number of nitrogens with zero attached hydrogens (tertiary/aromatic N) is 2. The first-order valence-electron chi connectivity index (χ1n) is 7.91. The second-order valence-electron chi connectivity index (χ2n) is 5.34. The highest BCUT2D eigenvalue weighted by Crippen LogP contribution is 2.30. The standard InChI is InChI=1S/C18H18N4O2S2/c1-12(16(23)19-14-8-10-15(24-2)11-9-14)25-18-22-21-17(26-18)20-13-6-4-3-5-7-13/h3-12H,1-2H3,(H,19,23)(H,20,21)/t12-/m1/s1. The first kappa shape index (κ1) is 18.2. The van der Waals surface area contributed by atoms with E-state index in [9.17, 15) is 4.79 Å². The molecule has 8 heteroatoms. The Morgan fingerprint density at radius 1 is 1.08 bits per heavy atom. The SMILES string of the molecule is COc1ccc(NC(=O)[C@@H](C)Sc2nnc(Nc3ccccc3)s2)cc1. The second-order valence-corrected chi connectivity index (χ2v) is 7.91. The second kappa shape index (κ2) is 8.68. The number of nitrogens with one attached hydrogen (secondary N) is 2. The summed E-state index contributed by atoms with van der Waals surface area (Å²) in [6.45, 7) is 1.84. The minimum atomic E-state index is -0.297. The van der Waals surface area contributed by atoms with Gasteiger partial charge in [0.2, 0.25) is 11.0 Å². The molecule has 0 aliphatic rings. The molecule has 0 spiro atoms. The molecule has 1 aromatic heterocycles. The van der Waals surface area contributed by atoms with Gasteiger partial charge in [-0.2, -0.15) is 0 Å². The Morgan fingerprint density at radius 3 is 2.50 bits per heavy atom. The normalized spacial score (nSPS) is 11.6. The lowest BCUT2D eigenvalue weighted by molar-refractivity contribution is -0.115. The zero-order chi connectivity index (χ0) is 18.4. The van der Waals surface area contributed by atoms with Gasteiger partial charge in [0.15, 0.2) is 4.34 Å². The molecule has 26 heavy (non-hydrogen) atoms. The van der Waals surface area contributed by atoms with Crippen molar-refractivity contribution in [2.45, 2.75) is 16.5 Å². The van der Waals surface area contributed by atoms with Gasteiger partial charge in [-0.25, -0.2) is 0 Å². The molecule has 3 rings (SSSR count). The van der Waals surface area contributed by atoms with Crippen LogP contribution in [0.2, 0.25) is 0 Å². The van der Waals surface area contributed by atoms with Gasteiger partial charge in [0.25, 0.3) is 0 Å². The molecular weight excluding hydrogens is 368 g/mol. The van der Waals surface area contributed by atoms with Crippen LogP contribution in [0, 0.1) is 0 Å². The van der Waals surface area contributed by atoms with Crippen LogP contribution in [0.1, 0.15) is 6.92 Å². The monoisotopic (exact) mass is 386 g/mol. The van der Waals surface area contributed by atoms with E-state index < -0.39 is 0 Å². The minimum Gasteiger partial charge on any atom is -0.497 e. The van der Waals surface area contributed by atoms with Gasteiger partial charge in [-0.3, -0.25) is 4.79 Å². The largest absolute Gasteiger partial charge is 0.497 e. The van der Waals surface area contributed by atoms with E-state index in [-0.39, 0.29) is 11.2 Å². The topological polar surface area (TPSA) is 76.1 Å². The first-order valence-corrected chi connectivity index (χ1v) is 9.61. The molecule has 3 aromatic rings. The molecule has 0 bridgehead atoms. The number of amides is 1. The number of thioether (sulfide) groups is 1. The molecule has 6 nitrogen and oxygen atoms in total. The summed E-state index contributed by atoms with van der Waals surface area (Å²) in [5.41, 5.74) is 1.68. The average molecular weight is 387 g/mol. The summed E-state index contributed by atoms with van der Waals surface area (Å²) in [5.74, 6) is 0.658. The smallest absolute Gasteiger partial charge is 0.237 e. The summed E-state index contributed by atoms with van der Waals surface area (Å²) >= 11 is 2.80. The van der Waals surface area contributed by atoms with Crippen LogP contribution in [-0.2, 0) is 4.79 Å². The van der Waals surface area contributed by atoms with Crippen molar-refractivity contribution >= 4 is 45.5 Å². The van der Waals surface area contributed by atoms with E-state index in [0.717, 1.165) is 21.5 Å². The number of anilines is 3. The molecule has 2 N–H and O–H groups in total. The van der Waals surface area contributed by atoms with Gasteiger partial charge < -0.3 is 15.4 Å². The third-order valence-electron chi connectivity index (χ3n) is 3.44. The van der Waals surface area contributed by atoms with Crippen molar-refractivity contribution in [2.75, 3.05) is 17.7 Å². The zero-order valence-corrected chi connectivity index (χ0v) is 15.9. The summed E-state index contributed by atoms with van der Waals surface area (Å²) in [6.07, 6.45) is 0. The Bertz CT molecular complexity index is 853. The fraction of sp³-hybridized carbons (Fsp3) is 0.167. The molecule has 134 valence electrons. The van der Waals surface area contributed by atoms with Gasteiger partial charge in [0.1, 0.15) is 5.75 Å². The number of hydrogen-bond acceptors (Lipinski definition) is 7. The van der Waals surface area contributed by atoms with Gasteiger partial charge in [-0.05, 0) is 43.3 Å². The summed E-state index contributed by atoms with van der Waals surface area (Å²) < 4.78 is 5.85. The number of carbonyl (C=O) groups is 1. The van der Waals surface area contributed by atoms with Crippen molar-refractivity contribution in [3.05, 3.63) is 54.6 Å². The molecule has 1 heterocycles. The number of methoxy groups -OCH3 is 1. The lowest BCUT2D eigenvalue weighted by Gasteiger charge is -2.10. The summed E-state index contributed by atoms with van der Waals surface area (Å²) in [5, 5.41) is 14.7. The van der Waals surface area contributed by atoms with Crippen molar-refractivity contribution in [1.29, 1.82) is 0 Å². The first-order chi connectivity index (χ1) is 12.6. The van der Waals surface area contributed by atoms with E-state index in [1.165, 1.54) is 23.1 Å². The average Bonchev–Trinajstić information content (AvgIpc) is 3.10. The number of hydrogen-bond donors (Lipinski definition) is 2. The van der Waals surface area contributed by atoms with Gasteiger partial charge in [0, 0.05) is 11.4 Å². The van der Waals surface area contributed by atoms with Gasteiger partial charge in [-0.1, -0.05) is 41.3 Å². The van der Waals surface area contributed by atoms with Crippen molar-refractivity contribution in [1.82, 2.24) is 10.2 Å². The molecule has 0 unspecified atom stereocenters. The molecule has 0 saturated carbocycles. The molecule has 2 aromatic carbocycles. The molecule has 0 fully saturated rings. The Morgan fingerprint density at radius 2 is 1.81 bits per heavy atom. The lowest BCUT2D eigenvalue weighted by atomic mass is 10.3. The van der Waals surface area contributed by atoms with Crippen molar-refractivity contribution in [2.24, 2.45) is 0 Å². The number of carbonyl (C=O) groups excluding carboxylic acids is 1. The number of para-hydroxylation sites is 1. The van der Waals surface area contributed by atoms with Crippen molar-refractivity contribution in [3.8, 4) is 5.75 Å². The highest BCUT2D eigenvalue weighted by Gasteiger charge is 2.17. The third-order valence-corrected chi connectivity index (χ3v) is 5.46. The van der Waals surface area contributed by atoms with E-state index >= 15 is 0 Å². The summed E-state index contributed by atoms with van der Waals surface area (Å²) in [4.78, 5) is 12.3. The van der Waals surface area contributed by atoms with E-state index in [0.29, 0.717) is 5.13 Å². The molecule has 1 amide bonds. The number of aromatic nitrogens is 2. The van der Waals surface area contributed by atoms with Crippen molar-refractivity contribution < 1.29 is 9.53 Å². The quantitative estimate of drug-likeness (QED) is 0.586. The van der Waals surface area contributed by atoms with Gasteiger partial charge in [-0.15, -0.1) is 10.2 Å². The van der Waals surface area contributed by atoms with Crippen LogP contribution in [0.3, 0.4) is 0 Å². The Labute approximate surface area is 160 Å². The zero-order valence-electron chi connectivity index (χ0n) is 14.3. The van der Waals surface area contributed by atoms with Crippen LogP contribution in [0.4, 0.5) is 16.5 Å². The number of rotatable bonds is 7. The van der Waals surface area contributed by atoms with Crippen molar-refractivity contribution in [3.63, 3.8) is 0 Å². The maximum atomic E-state index is 12.3. The Balaban J connectivity index is 1.55. The molecule has 0 aliphatic heterocycles. The third kappa shape index (κ3) is 4.96. The van der Waals surface area contributed by atoms with Crippen LogP contribution >= 0.6 is 23.1 Å². The van der Waals surface area contributed by atoms with Gasteiger partial charge in [0.05, 0.1) is 12.4 Å². The highest BCUT2D eigenvalue weighted by atomic mass is 32.2. The predicted octanol–water partition coefficient (Wildman–Crippen LogP) is 4.41. The fourth-order valence-electron chi connectivity index (χ4n) is 2.08. The summed E-state index contributed by atoms with van der Waals surface area (Å²) in [7, 11) is 1.61. The van der Waals surface area contributed by atoms with Gasteiger partial charge >= 0.3 is 0 Å². The van der Waals surface area contributed by atoms with Crippen LogP contribution in [0.25, 0.3) is 0 Å². The van der Waals surface area contributed by atoms with Crippen LogP contribution in [0.15, 0.2) is 58.9 Å². The maximum Gasteiger partial charge on any atom is 0.237 e. The van der Waals surface area contributed by atoms with E-state index in [1.54, 1.807) is 31.4 Å². The van der Waals surface area contributed by atoms with E-state index in [4.69, 9.17) is 4.74 Å². The molecule has 0 aliphatic carbocycles. The maximum absolute atomic E-state index is 12.3. The Hall–Kier alpha value is -2.58. The van der Waals surface area contributed by atoms with Crippen LogP contribution in [-0.4, -0.2) is 28.5 Å². The van der Waals surface area contributed by atoms with Crippen LogP contribution in [0.5, 0.6) is 5.75 Å². The fourth-order valence-corrected chi connectivity index (χ4v) is 3.99. The Kier molecular flexibility index (Phi) is 6.08. The van der Waals surface area contributed by atoms with E-state index in [2.05, 4.69) is 20.8 Å². The molecular formula is C18H18N4O2S2. The summed E-state index contributed by atoms with van der Waals surface area (Å²) in [6, 6.07) is 17.0. The highest BCUT2D eigenvalue weighted by molar-refractivity contribution is 8.02. The van der Waals surface area contributed by atoms with Crippen LogP contribution < -0.4 is 15.4 Å². The number of benzene rings is 2. The van der Waals surface area contributed by atoms with E-state index in [1.807, 2.05) is 37.3 Å². The molecule has 1 atom stereocenters. The minimum absolute atomic E-state index is 0.0899. The lowest BCUT2D eigenvalue weighted by Crippen LogP contribution is -2.22. The molecule has 0 radical (unpaired) electrons. The number of ether oxygens (including phenoxy) is 1. The molecule has 0 saturated heterocycles.